The van der Waals surface area contributed by atoms with Crippen LogP contribution in [0.5, 0.6) is 0 Å². The Bertz CT molecular complexity index is 845. The summed E-state index contributed by atoms with van der Waals surface area (Å²) in [5, 5.41) is 4.98. The fraction of sp³-hybridized carbons (Fsp3) is 0.500. The number of hydrogen-bond acceptors (Lipinski definition) is 3. The number of aromatic amines is 1. The molecule has 2 aromatic rings. The Kier molecular flexibility index (Phi) is 6.82. The molecular weight excluding hydrogens is 360 g/mol. The predicted molar refractivity (Wildman–Crippen MR) is 112 cm³/mol. The van der Waals surface area contributed by atoms with Crippen LogP contribution in [0, 0.1) is 6.92 Å². The molecule has 1 saturated heterocycles. The Morgan fingerprint density at radius 3 is 2.85 bits per heavy atom. The molecule has 1 aliphatic heterocycles. The monoisotopic (exact) mass is 389 g/mol. The zero-order valence-electron chi connectivity index (χ0n) is 16.1. The van der Waals surface area contributed by atoms with Crippen molar-refractivity contribution >= 4 is 28.2 Å². The van der Waals surface area contributed by atoms with Gasteiger partial charge in [0.25, 0.3) is 5.56 Å². The molecule has 0 bridgehead atoms. The van der Waals surface area contributed by atoms with E-state index >= 15 is 0 Å². The molecule has 1 aliphatic rings. The number of pyridine rings is 1. The highest BCUT2D eigenvalue weighted by Gasteiger charge is 2.18. The fourth-order valence-corrected chi connectivity index (χ4v) is 3.70. The van der Waals surface area contributed by atoms with Gasteiger partial charge in [0.05, 0.1) is 32.8 Å². The van der Waals surface area contributed by atoms with E-state index < -0.39 is 0 Å². The van der Waals surface area contributed by atoms with Crippen LogP contribution in [0.3, 0.4) is 0 Å². The summed E-state index contributed by atoms with van der Waals surface area (Å²) in [6, 6.07) is 8.10. The summed E-state index contributed by atoms with van der Waals surface area (Å²) >= 11 is 5.57. The van der Waals surface area contributed by atoms with E-state index in [1.165, 1.54) is 4.90 Å². The third-order valence-electron chi connectivity index (χ3n) is 4.99. The standard InChI is InChI=1S/C20H28N4O2S/c1-3-21-20(27)24(7-6-23-8-10-26-11-9-23)14-17-13-16-5-4-15(2)12-18(16)22-19(17)25/h4-5,12-13H,3,6-11,14H2,1-2H3,(H,21,27)(H,22,25)/p+1. The zero-order chi connectivity index (χ0) is 19.2. The van der Waals surface area contributed by atoms with E-state index in [0.717, 1.165) is 68.0 Å². The summed E-state index contributed by atoms with van der Waals surface area (Å²) in [6.07, 6.45) is 0. The first-order valence-corrected chi connectivity index (χ1v) is 10.0. The molecule has 0 aliphatic carbocycles. The highest BCUT2D eigenvalue weighted by atomic mass is 32.1. The molecule has 2 heterocycles. The van der Waals surface area contributed by atoms with Crippen molar-refractivity contribution in [2.24, 2.45) is 0 Å². The van der Waals surface area contributed by atoms with Gasteiger partial charge in [-0.3, -0.25) is 4.79 Å². The van der Waals surface area contributed by atoms with Gasteiger partial charge in [0.2, 0.25) is 0 Å². The highest BCUT2D eigenvalue weighted by molar-refractivity contribution is 7.80. The molecule has 1 aromatic heterocycles. The maximum Gasteiger partial charge on any atom is 0.253 e. The number of H-pyrrole nitrogens is 1. The number of thiocarbonyl (C=S) groups is 1. The van der Waals surface area contributed by atoms with E-state index in [1.54, 1.807) is 0 Å². The predicted octanol–water partition coefficient (Wildman–Crippen LogP) is 0.448. The molecule has 0 atom stereocenters. The average molecular weight is 390 g/mol. The number of aryl methyl sites for hydroxylation is 1. The second-order valence-corrected chi connectivity index (χ2v) is 7.47. The summed E-state index contributed by atoms with van der Waals surface area (Å²) in [4.78, 5) is 19.2. The van der Waals surface area contributed by atoms with Crippen LogP contribution in [0.25, 0.3) is 10.9 Å². The van der Waals surface area contributed by atoms with Gasteiger partial charge < -0.3 is 24.8 Å². The van der Waals surface area contributed by atoms with Crippen molar-refractivity contribution in [1.29, 1.82) is 0 Å². The van der Waals surface area contributed by atoms with Crippen LogP contribution in [0.4, 0.5) is 0 Å². The van der Waals surface area contributed by atoms with E-state index in [2.05, 4.69) is 27.3 Å². The molecule has 6 nitrogen and oxygen atoms in total. The first-order chi connectivity index (χ1) is 13.1. The Morgan fingerprint density at radius 1 is 1.33 bits per heavy atom. The molecule has 0 amide bonds. The molecule has 1 fully saturated rings. The van der Waals surface area contributed by atoms with Crippen molar-refractivity contribution in [1.82, 2.24) is 15.2 Å². The number of benzene rings is 1. The second kappa shape index (κ2) is 9.30. The zero-order valence-corrected chi connectivity index (χ0v) is 17.0. The molecule has 0 saturated carbocycles. The molecule has 27 heavy (non-hydrogen) atoms. The molecular formula is C20H29N4O2S+. The minimum atomic E-state index is -0.0453. The number of nitrogens with zero attached hydrogens (tertiary/aromatic N) is 1. The van der Waals surface area contributed by atoms with Crippen LogP contribution >= 0.6 is 12.2 Å². The quantitative estimate of drug-likeness (QED) is 0.626. The Hall–Kier alpha value is -1.96. The van der Waals surface area contributed by atoms with Gasteiger partial charge in [-0.25, -0.2) is 0 Å². The van der Waals surface area contributed by atoms with Gasteiger partial charge in [-0.15, -0.1) is 0 Å². The van der Waals surface area contributed by atoms with Crippen LogP contribution < -0.4 is 15.8 Å². The van der Waals surface area contributed by atoms with E-state index in [0.29, 0.717) is 11.7 Å². The topological polar surface area (TPSA) is 61.8 Å². The largest absolute Gasteiger partial charge is 0.370 e. The number of quaternary nitrogens is 1. The summed E-state index contributed by atoms with van der Waals surface area (Å²) in [5.41, 5.74) is 2.70. The molecule has 1 aromatic carbocycles. The summed E-state index contributed by atoms with van der Waals surface area (Å²) in [7, 11) is 0. The highest BCUT2D eigenvalue weighted by Crippen LogP contribution is 2.14. The van der Waals surface area contributed by atoms with Crippen molar-refractivity contribution in [3.63, 3.8) is 0 Å². The summed E-state index contributed by atoms with van der Waals surface area (Å²) in [6.45, 7) is 10.8. The molecule has 0 spiro atoms. The lowest BCUT2D eigenvalue weighted by Crippen LogP contribution is -3.14. The third-order valence-corrected chi connectivity index (χ3v) is 5.39. The van der Waals surface area contributed by atoms with Gasteiger partial charge in [0, 0.05) is 17.6 Å². The smallest absolute Gasteiger partial charge is 0.253 e. The molecule has 7 heteroatoms. The minimum absolute atomic E-state index is 0.0453. The number of hydrogen-bond donors (Lipinski definition) is 3. The van der Waals surface area contributed by atoms with Gasteiger partial charge in [-0.05, 0) is 49.1 Å². The number of morpholine rings is 1. The number of rotatable bonds is 6. The first-order valence-electron chi connectivity index (χ1n) is 9.63. The fourth-order valence-electron chi connectivity index (χ4n) is 3.40. The maximum absolute atomic E-state index is 12.6. The Balaban J connectivity index is 1.76. The maximum atomic E-state index is 12.6. The van der Waals surface area contributed by atoms with Crippen LogP contribution in [-0.4, -0.2) is 60.9 Å². The Labute approximate surface area is 165 Å². The number of fused-ring (bicyclic) bond motifs is 1. The van der Waals surface area contributed by atoms with Crippen molar-refractivity contribution in [2.75, 3.05) is 45.9 Å². The van der Waals surface area contributed by atoms with Gasteiger partial charge in [-0.1, -0.05) is 12.1 Å². The van der Waals surface area contributed by atoms with Crippen LogP contribution in [-0.2, 0) is 11.3 Å². The van der Waals surface area contributed by atoms with Crippen LogP contribution in [0.2, 0.25) is 0 Å². The normalized spacial score (nSPS) is 15.0. The van der Waals surface area contributed by atoms with Gasteiger partial charge in [-0.2, -0.15) is 0 Å². The van der Waals surface area contributed by atoms with E-state index in [1.807, 2.05) is 26.0 Å². The lowest BCUT2D eigenvalue weighted by molar-refractivity contribution is -0.907. The number of aromatic nitrogens is 1. The first kappa shape index (κ1) is 19.8. The van der Waals surface area contributed by atoms with E-state index in [-0.39, 0.29) is 5.56 Å². The second-order valence-electron chi connectivity index (χ2n) is 7.08. The third kappa shape index (κ3) is 5.28. The lowest BCUT2D eigenvalue weighted by atomic mass is 10.1. The molecule has 3 rings (SSSR count). The minimum Gasteiger partial charge on any atom is -0.370 e. The molecule has 0 unspecified atom stereocenters. The molecule has 0 radical (unpaired) electrons. The lowest BCUT2D eigenvalue weighted by Gasteiger charge is -2.29. The van der Waals surface area contributed by atoms with Gasteiger partial charge >= 0.3 is 0 Å². The van der Waals surface area contributed by atoms with E-state index in [4.69, 9.17) is 17.0 Å². The van der Waals surface area contributed by atoms with Gasteiger partial charge in [0.15, 0.2) is 5.11 Å². The summed E-state index contributed by atoms with van der Waals surface area (Å²) < 4.78 is 5.44. The van der Waals surface area contributed by atoms with E-state index in [9.17, 15) is 4.79 Å². The van der Waals surface area contributed by atoms with Crippen molar-refractivity contribution < 1.29 is 9.64 Å². The number of ether oxygens (including phenoxy) is 1. The molecule has 146 valence electrons. The van der Waals surface area contributed by atoms with Crippen molar-refractivity contribution in [3.8, 4) is 0 Å². The van der Waals surface area contributed by atoms with Gasteiger partial charge in [0.1, 0.15) is 13.1 Å². The van der Waals surface area contributed by atoms with Crippen molar-refractivity contribution in [2.45, 2.75) is 20.4 Å². The van der Waals surface area contributed by atoms with Crippen LogP contribution in [0.1, 0.15) is 18.1 Å². The number of nitrogens with one attached hydrogen (secondary N) is 3. The summed E-state index contributed by atoms with van der Waals surface area (Å²) in [5.74, 6) is 0. The van der Waals surface area contributed by atoms with Crippen molar-refractivity contribution in [3.05, 3.63) is 45.7 Å². The SMILES string of the molecule is CCNC(=S)N(CC[NH+]1CCOCC1)Cc1cc2ccc(C)cc2[nH]c1=O. The average Bonchev–Trinajstić information content (AvgIpc) is 2.66. The van der Waals surface area contributed by atoms with Crippen LogP contribution in [0.15, 0.2) is 29.1 Å². The molecule has 3 N–H and O–H groups in total. The Morgan fingerprint density at radius 2 is 2.11 bits per heavy atom.